The molecular weight excluding hydrogens is 402 g/mol. The smallest absolute Gasteiger partial charge is 0.293 e. The van der Waals surface area contributed by atoms with Gasteiger partial charge in [-0.15, -0.1) is 0 Å². The summed E-state index contributed by atoms with van der Waals surface area (Å²) < 4.78 is 6.81. The highest BCUT2D eigenvalue weighted by Gasteiger charge is 2.37. The topological polar surface area (TPSA) is 50.5 Å². The second-order valence-corrected chi connectivity index (χ2v) is 7.84. The van der Waals surface area contributed by atoms with E-state index >= 15 is 0 Å². The highest BCUT2D eigenvalue weighted by molar-refractivity contribution is 9.10. The molecule has 0 saturated carbocycles. The minimum absolute atomic E-state index is 0.103. The van der Waals surface area contributed by atoms with E-state index in [9.17, 15) is 9.59 Å². The predicted molar refractivity (Wildman–Crippen MR) is 104 cm³/mol. The van der Waals surface area contributed by atoms with E-state index in [-0.39, 0.29) is 17.2 Å². The first-order valence-electron chi connectivity index (χ1n) is 8.04. The zero-order valence-electron chi connectivity index (χ0n) is 14.2. The van der Waals surface area contributed by atoms with E-state index in [1.165, 1.54) is 4.90 Å². The van der Waals surface area contributed by atoms with Crippen molar-refractivity contribution in [1.29, 1.82) is 0 Å². The Bertz CT molecular complexity index is 871. The zero-order valence-corrected chi connectivity index (χ0v) is 16.6. The summed E-state index contributed by atoms with van der Waals surface area (Å²) in [6.07, 6.45) is 2.37. The Hall–Kier alpha value is -1.79. The van der Waals surface area contributed by atoms with Crippen molar-refractivity contribution in [1.82, 2.24) is 4.90 Å². The molecule has 2 heterocycles. The molecule has 0 unspecified atom stereocenters. The maximum absolute atomic E-state index is 12.5. The van der Waals surface area contributed by atoms with Crippen LogP contribution in [0.1, 0.15) is 31.6 Å². The van der Waals surface area contributed by atoms with E-state index in [0.717, 1.165) is 33.8 Å². The molecule has 130 valence electrons. The Morgan fingerprint density at radius 2 is 2.04 bits per heavy atom. The third kappa shape index (κ3) is 3.60. The van der Waals surface area contributed by atoms with E-state index < -0.39 is 0 Å². The van der Waals surface area contributed by atoms with E-state index in [4.69, 9.17) is 4.42 Å². The summed E-state index contributed by atoms with van der Waals surface area (Å²) in [4.78, 5) is 26.2. The molecule has 0 bridgehead atoms. The highest BCUT2D eigenvalue weighted by atomic mass is 79.9. The van der Waals surface area contributed by atoms with Crippen LogP contribution in [0.2, 0.25) is 0 Å². The molecule has 0 N–H and O–H groups in total. The number of carbonyl (C=O) groups is 2. The lowest BCUT2D eigenvalue weighted by molar-refractivity contribution is -0.124. The van der Waals surface area contributed by atoms with Gasteiger partial charge in [-0.05, 0) is 61.9 Å². The van der Waals surface area contributed by atoms with Crippen molar-refractivity contribution in [2.75, 3.05) is 0 Å². The predicted octanol–water partition coefficient (Wildman–Crippen LogP) is 5.85. The summed E-state index contributed by atoms with van der Waals surface area (Å²) >= 11 is 4.51. The van der Waals surface area contributed by atoms with Gasteiger partial charge >= 0.3 is 0 Å². The molecule has 3 rings (SSSR count). The van der Waals surface area contributed by atoms with E-state index in [2.05, 4.69) is 15.9 Å². The highest BCUT2D eigenvalue weighted by Crippen LogP contribution is 2.36. The number of thioether (sulfide) groups is 1. The van der Waals surface area contributed by atoms with Gasteiger partial charge in [-0.2, -0.15) is 0 Å². The fourth-order valence-electron chi connectivity index (χ4n) is 2.57. The molecule has 1 aromatic heterocycles. The first-order chi connectivity index (χ1) is 11.9. The van der Waals surface area contributed by atoms with Gasteiger partial charge in [-0.3, -0.25) is 14.5 Å². The van der Waals surface area contributed by atoms with Crippen LogP contribution in [0, 0.1) is 6.92 Å². The van der Waals surface area contributed by atoms with Gasteiger partial charge in [0.25, 0.3) is 11.1 Å². The van der Waals surface area contributed by atoms with Crippen LogP contribution in [0.25, 0.3) is 17.4 Å². The average Bonchev–Trinajstić information content (AvgIpc) is 3.12. The van der Waals surface area contributed by atoms with Crippen LogP contribution in [0.4, 0.5) is 4.79 Å². The van der Waals surface area contributed by atoms with Crippen molar-refractivity contribution in [3.05, 3.63) is 51.0 Å². The Morgan fingerprint density at radius 1 is 1.28 bits per heavy atom. The largest absolute Gasteiger partial charge is 0.457 e. The molecule has 0 spiro atoms. The molecule has 1 saturated heterocycles. The minimum atomic E-state index is -0.251. The average molecular weight is 420 g/mol. The molecule has 0 radical (unpaired) electrons. The van der Waals surface area contributed by atoms with Crippen molar-refractivity contribution in [2.45, 2.75) is 33.2 Å². The van der Waals surface area contributed by atoms with Crippen molar-refractivity contribution in [3.63, 3.8) is 0 Å². The second-order valence-electron chi connectivity index (χ2n) is 5.99. The van der Waals surface area contributed by atoms with Crippen molar-refractivity contribution in [3.8, 4) is 11.3 Å². The van der Waals surface area contributed by atoms with E-state index in [1.54, 1.807) is 12.1 Å². The number of carbonyl (C=O) groups excluding carboxylic acids is 2. The van der Waals surface area contributed by atoms with Gasteiger partial charge in [0.15, 0.2) is 0 Å². The van der Waals surface area contributed by atoms with Crippen LogP contribution in [-0.4, -0.2) is 22.1 Å². The van der Waals surface area contributed by atoms with Crippen LogP contribution in [0.3, 0.4) is 0 Å². The molecule has 2 aromatic rings. The van der Waals surface area contributed by atoms with Crippen LogP contribution in [-0.2, 0) is 4.79 Å². The third-order valence-electron chi connectivity index (χ3n) is 4.15. The molecule has 1 atom stereocenters. The molecule has 4 nitrogen and oxygen atoms in total. The van der Waals surface area contributed by atoms with Crippen LogP contribution >= 0.6 is 27.7 Å². The number of rotatable bonds is 4. The van der Waals surface area contributed by atoms with Crippen molar-refractivity contribution in [2.24, 2.45) is 0 Å². The number of aryl methyl sites for hydroxylation is 1. The van der Waals surface area contributed by atoms with E-state index in [1.807, 2.05) is 45.0 Å². The van der Waals surface area contributed by atoms with Gasteiger partial charge in [-0.1, -0.05) is 28.9 Å². The lowest BCUT2D eigenvalue weighted by Crippen LogP contribution is -2.36. The fraction of sp³-hybridized carbons (Fsp3) is 0.263. The van der Waals surface area contributed by atoms with Gasteiger partial charge in [0.1, 0.15) is 11.5 Å². The summed E-state index contributed by atoms with van der Waals surface area (Å²) in [6.45, 7) is 5.85. The van der Waals surface area contributed by atoms with Gasteiger partial charge in [0.2, 0.25) is 0 Å². The summed E-state index contributed by atoms with van der Waals surface area (Å²) in [5.41, 5.74) is 2.10. The second kappa shape index (κ2) is 7.22. The Labute approximate surface area is 159 Å². The quantitative estimate of drug-likeness (QED) is 0.582. The number of hydrogen-bond donors (Lipinski definition) is 0. The molecule has 1 aromatic carbocycles. The molecule has 6 heteroatoms. The lowest BCUT2D eigenvalue weighted by atomic mass is 10.1. The number of imide groups is 1. The molecular formula is C19H18BrNO3S. The van der Waals surface area contributed by atoms with Crippen LogP contribution in [0.5, 0.6) is 0 Å². The number of amides is 2. The lowest BCUT2D eigenvalue weighted by Gasteiger charge is -2.19. The number of hydrogen-bond acceptors (Lipinski definition) is 4. The van der Waals surface area contributed by atoms with Crippen LogP contribution in [0.15, 0.2) is 44.1 Å². The summed E-state index contributed by atoms with van der Waals surface area (Å²) in [5.74, 6) is 1.01. The summed E-state index contributed by atoms with van der Waals surface area (Å²) in [5, 5.41) is -0.223. The molecule has 1 aliphatic heterocycles. The summed E-state index contributed by atoms with van der Waals surface area (Å²) in [7, 11) is 0. The normalized spacial score (nSPS) is 17.6. The molecule has 2 amide bonds. The van der Waals surface area contributed by atoms with Gasteiger partial charge in [0, 0.05) is 22.2 Å². The Morgan fingerprint density at radius 3 is 2.72 bits per heavy atom. The van der Waals surface area contributed by atoms with Gasteiger partial charge < -0.3 is 4.42 Å². The number of halogens is 1. The van der Waals surface area contributed by atoms with Crippen LogP contribution < -0.4 is 0 Å². The van der Waals surface area contributed by atoms with Crippen molar-refractivity contribution >= 4 is 44.9 Å². The number of benzene rings is 1. The Kier molecular flexibility index (Phi) is 5.20. The minimum Gasteiger partial charge on any atom is -0.457 e. The van der Waals surface area contributed by atoms with Crippen molar-refractivity contribution < 1.29 is 14.0 Å². The van der Waals surface area contributed by atoms with Gasteiger partial charge in [0.05, 0.1) is 4.91 Å². The summed E-state index contributed by atoms with van der Waals surface area (Å²) in [6, 6.07) is 9.58. The monoisotopic (exact) mass is 419 g/mol. The third-order valence-corrected chi connectivity index (χ3v) is 5.69. The molecule has 1 aliphatic rings. The maximum Gasteiger partial charge on any atom is 0.293 e. The van der Waals surface area contributed by atoms with E-state index in [0.29, 0.717) is 16.4 Å². The Balaban J connectivity index is 1.87. The first kappa shape index (κ1) is 18.0. The van der Waals surface area contributed by atoms with Gasteiger partial charge in [-0.25, -0.2) is 0 Å². The molecule has 0 aliphatic carbocycles. The first-order valence-corrected chi connectivity index (χ1v) is 9.65. The SMILES string of the molecule is CC[C@@H](C)N1C(=O)S/C(=C\c2ccc(-c3ccc(C)cc3Br)o2)C1=O. The number of furan rings is 1. The molecule has 1 fully saturated rings. The standard InChI is InChI=1S/C19H18BrNO3S/c1-4-12(3)21-18(22)17(25-19(21)23)10-13-6-8-16(24-13)14-7-5-11(2)9-15(14)20/h5-10,12H,4H2,1-3H3/b17-10-/t12-/m1/s1. The zero-order chi connectivity index (χ0) is 18.1. The molecule has 25 heavy (non-hydrogen) atoms. The number of nitrogens with zero attached hydrogens (tertiary/aromatic N) is 1. The fourth-order valence-corrected chi connectivity index (χ4v) is 4.17. The maximum atomic E-state index is 12.5.